The van der Waals surface area contributed by atoms with E-state index in [9.17, 15) is 14.9 Å². The normalized spacial score (nSPS) is 16.5. The number of carbonyl (C=O) groups is 1. The second-order valence-corrected chi connectivity index (χ2v) is 10.0. The lowest BCUT2D eigenvalue weighted by atomic mass is 10.0. The molecule has 0 aliphatic carbocycles. The van der Waals surface area contributed by atoms with Crippen LogP contribution in [0.3, 0.4) is 0 Å². The van der Waals surface area contributed by atoms with Crippen LogP contribution in [0.2, 0.25) is 0 Å². The van der Waals surface area contributed by atoms with Gasteiger partial charge in [0.05, 0.1) is 16.7 Å². The average Bonchev–Trinajstić information content (AvgIpc) is 3.61. The van der Waals surface area contributed by atoms with Gasteiger partial charge >= 0.3 is 0 Å². The number of pyridine rings is 1. The van der Waals surface area contributed by atoms with Crippen molar-refractivity contribution in [3.8, 4) is 11.3 Å². The highest BCUT2D eigenvalue weighted by Gasteiger charge is 2.41. The highest BCUT2D eigenvalue weighted by Crippen LogP contribution is 2.40. The summed E-state index contributed by atoms with van der Waals surface area (Å²) >= 11 is 5.72. The second kappa shape index (κ2) is 11.2. The van der Waals surface area contributed by atoms with Gasteiger partial charge in [-0.2, -0.15) is 0 Å². The first kappa shape index (κ1) is 26.1. The highest BCUT2D eigenvalue weighted by molar-refractivity contribution is 7.80. The molecule has 9 nitrogen and oxygen atoms in total. The van der Waals surface area contributed by atoms with Crippen LogP contribution in [-0.4, -0.2) is 32.4 Å². The number of hydrogen-bond donors (Lipinski definition) is 2. The van der Waals surface area contributed by atoms with E-state index in [-0.39, 0.29) is 24.1 Å². The number of furan rings is 1. The van der Waals surface area contributed by atoms with E-state index < -0.39 is 11.0 Å². The molecule has 1 saturated heterocycles. The largest absolute Gasteiger partial charge is 0.459 e. The van der Waals surface area contributed by atoms with Gasteiger partial charge in [0.1, 0.15) is 17.6 Å². The standard InChI is InChI=1S/C31H25N5O4S/c37-28(33-24-13-6-8-20-7-1-2-11-23(20)24)16-18-35-30(29(34-31(35)41)25-12-3-4-17-32-25)27-15-14-26(40-27)21-9-5-10-22(19-21)36(38)39/h1-15,17,19,29-30H,16,18H2,(H,33,37)(H,34,41)/t29-,30+/m0/s1. The van der Waals surface area contributed by atoms with Crippen LogP contribution in [0.1, 0.15) is 30.0 Å². The number of thiocarbonyl (C=S) groups is 1. The highest BCUT2D eigenvalue weighted by atomic mass is 32.1. The van der Waals surface area contributed by atoms with Crippen molar-refractivity contribution < 1.29 is 14.1 Å². The van der Waals surface area contributed by atoms with E-state index in [0.717, 1.165) is 22.2 Å². The fraction of sp³-hybridized carbons (Fsp3) is 0.129. The Morgan fingerprint density at radius 2 is 1.83 bits per heavy atom. The third-order valence-electron chi connectivity index (χ3n) is 7.10. The minimum atomic E-state index is -0.436. The van der Waals surface area contributed by atoms with Crippen LogP contribution in [-0.2, 0) is 4.79 Å². The number of rotatable bonds is 8. The van der Waals surface area contributed by atoms with Crippen LogP contribution in [0.25, 0.3) is 22.1 Å². The van der Waals surface area contributed by atoms with Crippen LogP contribution in [0, 0.1) is 10.1 Å². The zero-order valence-corrected chi connectivity index (χ0v) is 22.6. The van der Waals surface area contributed by atoms with E-state index in [1.165, 1.54) is 12.1 Å². The molecule has 1 fully saturated rings. The number of benzene rings is 3. The van der Waals surface area contributed by atoms with E-state index in [1.54, 1.807) is 24.4 Å². The molecule has 3 aromatic carbocycles. The zero-order valence-electron chi connectivity index (χ0n) is 21.8. The summed E-state index contributed by atoms with van der Waals surface area (Å²) in [5.41, 5.74) is 2.10. The number of fused-ring (bicyclic) bond motifs is 1. The van der Waals surface area contributed by atoms with Crippen LogP contribution < -0.4 is 10.6 Å². The molecular weight excluding hydrogens is 538 g/mol. The topological polar surface area (TPSA) is 114 Å². The van der Waals surface area contributed by atoms with Crippen LogP contribution in [0.4, 0.5) is 11.4 Å². The van der Waals surface area contributed by atoms with Gasteiger partial charge < -0.3 is 20.0 Å². The number of non-ortho nitro benzene ring substituents is 1. The Bertz CT molecular complexity index is 1750. The summed E-state index contributed by atoms with van der Waals surface area (Å²) < 4.78 is 6.28. The van der Waals surface area contributed by atoms with Crippen molar-refractivity contribution in [3.05, 3.63) is 125 Å². The molecule has 3 heterocycles. The number of nitro groups is 1. The molecule has 6 rings (SSSR count). The number of aromatic nitrogens is 1. The molecule has 10 heteroatoms. The fourth-order valence-corrected chi connectivity index (χ4v) is 5.50. The molecule has 0 saturated carbocycles. The summed E-state index contributed by atoms with van der Waals surface area (Å²) in [4.78, 5) is 30.4. The van der Waals surface area contributed by atoms with Gasteiger partial charge in [0.25, 0.3) is 5.69 Å². The molecule has 5 aromatic rings. The molecule has 0 radical (unpaired) electrons. The summed E-state index contributed by atoms with van der Waals surface area (Å²) in [6, 6.07) is 28.6. The van der Waals surface area contributed by atoms with Gasteiger partial charge in [0.2, 0.25) is 5.91 Å². The van der Waals surface area contributed by atoms with Crippen molar-refractivity contribution in [1.82, 2.24) is 15.2 Å². The molecule has 1 aliphatic heterocycles. The smallest absolute Gasteiger partial charge is 0.270 e. The van der Waals surface area contributed by atoms with Crippen molar-refractivity contribution in [2.45, 2.75) is 18.5 Å². The molecule has 0 bridgehead atoms. The number of anilines is 1. The predicted octanol–water partition coefficient (Wildman–Crippen LogP) is 6.40. The molecule has 2 atom stereocenters. The Kier molecular flexibility index (Phi) is 7.13. The first-order valence-corrected chi connectivity index (χ1v) is 13.5. The number of amides is 1. The fourth-order valence-electron chi connectivity index (χ4n) is 5.16. The lowest BCUT2D eigenvalue weighted by molar-refractivity contribution is -0.384. The average molecular weight is 564 g/mol. The first-order chi connectivity index (χ1) is 20.0. The number of nitrogens with one attached hydrogen (secondary N) is 2. The molecule has 2 N–H and O–H groups in total. The van der Waals surface area contributed by atoms with Gasteiger partial charge in [-0.05, 0) is 47.9 Å². The Labute approximate surface area is 241 Å². The maximum Gasteiger partial charge on any atom is 0.270 e. The number of hydrogen-bond acceptors (Lipinski definition) is 6. The lowest BCUT2D eigenvalue weighted by Crippen LogP contribution is -2.32. The van der Waals surface area contributed by atoms with Gasteiger partial charge in [-0.1, -0.05) is 54.6 Å². The van der Waals surface area contributed by atoms with Gasteiger partial charge in [0, 0.05) is 47.9 Å². The minimum Gasteiger partial charge on any atom is -0.459 e. The van der Waals surface area contributed by atoms with Crippen molar-refractivity contribution in [1.29, 1.82) is 0 Å². The summed E-state index contributed by atoms with van der Waals surface area (Å²) in [5, 5.41) is 20.2. The van der Waals surface area contributed by atoms with Gasteiger partial charge in [-0.25, -0.2) is 0 Å². The van der Waals surface area contributed by atoms with Crippen LogP contribution in [0.15, 0.2) is 108 Å². The summed E-state index contributed by atoms with van der Waals surface area (Å²) in [6.07, 6.45) is 1.91. The first-order valence-electron chi connectivity index (χ1n) is 13.1. The van der Waals surface area contributed by atoms with Crippen molar-refractivity contribution in [2.75, 3.05) is 11.9 Å². The third-order valence-corrected chi connectivity index (χ3v) is 7.45. The minimum absolute atomic E-state index is 0.0191. The number of carbonyl (C=O) groups excluding carboxylic acids is 1. The van der Waals surface area contributed by atoms with Crippen molar-refractivity contribution in [3.63, 3.8) is 0 Å². The van der Waals surface area contributed by atoms with E-state index in [2.05, 4.69) is 15.6 Å². The maximum absolute atomic E-state index is 13.1. The van der Waals surface area contributed by atoms with Crippen LogP contribution in [0.5, 0.6) is 0 Å². The molecule has 1 aliphatic rings. The number of nitrogens with zero attached hydrogens (tertiary/aromatic N) is 3. The van der Waals surface area contributed by atoms with Crippen molar-refractivity contribution in [2.24, 2.45) is 0 Å². The van der Waals surface area contributed by atoms with E-state index in [0.29, 0.717) is 28.7 Å². The number of nitro benzene ring substituents is 1. The molecule has 0 unspecified atom stereocenters. The lowest BCUT2D eigenvalue weighted by Gasteiger charge is -2.26. The molecule has 0 spiro atoms. The zero-order chi connectivity index (χ0) is 28.3. The summed E-state index contributed by atoms with van der Waals surface area (Å²) in [7, 11) is 0. The quantitative estimate of drug-likeness (QED) is 0.127. The molecule has 1 amide bonds. The Morgan fingerprint density at radius 3 is 2.66 bits per heavy atom. The summed E-state index contributed by atoms with van der Waals surface area (Å²) in [5.74, 6) is 0.958. The van der Waals surface area contributed by atoms with E-state index >= 15 is 0 Å². The van der Waals surface area contributed by atoms with E-state index in [4.69, 9.17) is 16.6 Å². The molecular formula is C31H25N5O4S. The maximum atomic E-state index is 13.1. The van der Waals surface area contributed by atoms with E-state index in [1.807, 2.05) is 71.6 Å². The Balaban J connectivity index is 1.26. The monoisotopic (exact) mass is 563 g/mol. The Morgan fingerprint density at radius 1 is 1.02 bits per heavy atom. The third kappa shape index (κ3) is 5.37. The van der Waals surface area contributed by atoms with Crippen LogP contribution >= 0.6 is 12.2 Å². The molecule has 204 valence electrons. The van der Waals surface area contributed by atoms with Gasteiger partial charge in [-0.15, -0.1) is 0 Å². The predicted molar refractivity (Wildman–Crippen MR) is 160 cm³/mol. The van der Waals surface area contributed by atoms with Crippen molar-refractivity contribution >= 4 is 45.4 Å². The molecule has 2 aromatic heterocycles. The second-order valence-electron chi connectivity index (χ2n) is 9.65. The summed E-state index contributed by atoms with van der Waals surface area (Å²) in [6.45, 7) is 0.337. The molecule has 41 heavy (non-hydrogen) atoms. The Hall–Kier alpha value is -5.09. The SMILES string of the molecule is O=C(CCN1C(=S)N[C@@H](c2ccccn2)[C@H]1c1ccc(-c2cccc([N+](=O)[O-])c2)o1)Nc1cccc2ccccc12. The van der Waals surface area contributed by atoms with Gasteiger partial charge in [-0.3, -0.25) is 19.9 Å². The van der Waals surface area contributed by atoms with Gasteiger partial charge in [0.15, 0.2) is 5.11 Å².